The maximum absolute atomic E-state index is 12.5. The highest BCUT2D eigenvalue weighted by Gasteiger charge is 2.15. The van der Waals surface area contributed by atoms with E-state index in [1.807, 2.05) is 55.1 Å². The molecule has 0 N–H and O–H groups in total. The molecule has 0 spiro atoms. The van der Waals surface area contributed by atoms with Crippen LogP contribution in [0.25, 0.3) is 22.2 Å². The number of rotatable bonds is 6. The van der Waals surface area contributed by atoms with Crippen LogP contribution in [0.4, 0.5) is 0 Å². The number of aromatic nitrogens is 5. The topological polar surface area (TPSA) is 74.8 Å². The summed E-state index contributed by atoms with van der Waals surface area (Å²) in [6.07, 6.45) is 7.27. The molecule has 7 nitrogen and oxygen atoms in total. The number of pyridine rings is 3. The zero-order valence-electron chi connectivity index (χ0n) is 19.7. The average molecular weight is 486 g/mol. The Kier molecular flexibility index (Phi) is 6.09. The Labute approximate surface area is 207 Å². The first-order chi connectivity index (χ1) is 16.9. The van der Waals surface area contributed by atoms with Crippen LogP contribution < -0.4 is 10.3 Å². The van der Waals surface area contributed by atoms with Gasteiger partial charge in [-0.05, 0) is 36.8 Å². The van der Waals surface area contributed by atoms with Crippen molar-refractivity contribution in [1.82, 2.24) is 24.3 Å². The van der Waals surface area contributed by atoms with E-state index in [0.29, 0.717) is 22.8 Å². The first kappa shape index (κ1) is 22.8. The maximum Gasteiger partial charge on any atom is 0.253 e. The standard InChI is InChI=1S/C27H24ClN5O2/c1-17-12-21(24-9-10-30-33(24)3)20-7-4-8-25(26(20)31-17)35-16-22-19(14-29-15-23(22)28)13-18-6-5-11-32(2)27(18)34/h4-12,14-15H,13,16H2,1-3H3. The van der Waals surface area contributed by atoms with Gasteiger partial charge in [0.2, 0.25) is 0 Å². The van der Waals surface area contributed by atoms with E-state index in [2.05, 4.69) is 16.1 Å². The number of nitrogens with zero attached hydrogens (tertiary/aromatic N) is 5. The van der Waals surface area contributed by atoms with Crippen molar-refractivity contribution in [3.8, 4) is 17.0 Å². The summed E-state index contributed by atoms with van der Waals surface area (Å²) in [5, 5.41) is 5.79. The molecule has 0 unspecified atom stereocenters. The minimum atomic E-state index is -0.0456. The predicted molar refractivity (Wildman–Crippen MR) is 137 cm³/mol. The number of halogens is 1. The lowest BCUT2D eigenvalue weighted by Gasteiger charge is -2.15. The summed E-state index contributed by atoms with van der Waals surface area (Å²) in [6.45, 7) is 2.19. The average Bonchev–Trinajstić information content (AvgIpc) is 3.27. The highest BCUT2D eigenvalue weighted by Crippen LogP contribution is 2.33. The molecule has 0 atom stereocenters. The van der Waals surface area contributed by atoms with Crippen molar-refractivity contribution in [2.24, 2.45) is 14.1 Å². The van der Waals surface area contributed by atoms with Crippen molar-refractivity contribution in [1.29, 1.82) is 0 Å². The van der Waals surface area contributed by atoms with Crippen molar-refractivity contribution >= 4 is 22.5 Å². The molecule has 0 amide bonds. The van der Waals surface area contributed by atoms with E-state index < -0.39 is 0 Å². The third-order valence-corrected chi connectivity index (χ3v) is 6.40. The minimum absolute atomic E-state index is 0.0456. The lowest BCUT2D eigenvalue weighted by Crippen LogP contribution is -2.20. The van der Waals surface area contributed by atoms with E-state index in [4.69, 9.17) is 21.3 Å². The SMILES string of the molecule is Cc1cc(-c2ccnn2C)c2cccc(OCc3c(Cl)cncc3Cc3cccn(C)c3=O)c2n1. The largest absolute Gasteiger partial charge is 0.487 e. The summed E-state index contributed by atoms with van der Waals surface area (Å²) in [5.41, 5.74) is 5.96. The summed E-state index contributed by atoms with van der Waals surface area (Å²) in [5.74, 6) is 0.657. The molecule has 0 saturated heterocycles. The minimum Gasteiger partial charge on any atom is -0.487 e. The van der Waals surface area contributed by atoms with Gasteiger partial charge in [0.25, 0.3) is 5.56 Å². The normalized spacial score (nSPS) is 11.2. The highest BCUT2D eigenvalue weighted by molar-refractivity contribution is 6.31. The Morgan fingerprint density at radius 1 is 1.06 bits per heavy atom. The van der Waals surface area contributed by atoms with E-state index in [0.717, 1.165) is 39.0 Å². The second-order valence-electron chi connectivity index (χ2n) is 8.48. The second-order valence-corrected chi connectivity index (χ2v) is 8.88. The lowest BCUT2D eigenvalue weighted by atomic mass is 10.0. The first-order valence-corrected chi connectivity index (χ1v) is 11.6. The quantitative estimate of drug-likeness (QED) is 0.343. The Morgan fingerprint density at radius 2 is 1.91 bits per heavy atom. The van der Waals surface area contributed by atoms with Gasteiger partial charge in [0.1, 0.15) is 17.9 Å². The molecule has 1 aromatic carbocycles. The first-order valence-electron chi connectivity index (χ1n) is 11.2. The summed E-state index contributed by atoms with van der Waals surface area (Å²) in [6, 6.07) is 13.6. The molecular weight excluding hydrogens is 462 g/mol. The third-order valence-electron chi connectivity index (χ3n) is 6.08. The Morgan fingerprint density at radius 3 is 2.71 bits per heavy atom. The van der Waals surface area contributed by atoms with E-state index in [1.165, 1.54) is 0 Å². The van der Waals surface area contributed by atoms with E-state index in [1.54, 1.807) is 36.4 Å². The van der Waals surface area contributed by atoms with Gasteiger partial charge in [-0.2, -0.15) is 5.10 Å². The summed E-state index contributed by atoms with van der Waals surface area (Å²) < 4.78 is 9.70. The molecular formula is C27H24ClN5O2. The third kappa shape index (κ3) is 4.42. The van der Waals surface area contributed by atoms with Gasteiger partial charge in [-0.3, -0.25) is 14.5 Å². The Bertz CT molecular complexity index is 1610. The van der Waals surface area contributed by atoms with Gasteiger partial charge in [-0.25, -0.2) is 4.98 Å². The number of hydrogen-bond donors (Lipinski definition) is 0. The van der Waals surface area contributed by atoms with Gasteiger partial charge in [-0.15, -0.1) is 0 Å². The Hall–Kier alpha value is -3.97. The Balaban J connectivity index is 1.51. The van der Waals surface area contributed by atoms with Gasteiger partial charge in [0.15, 0.2) is 0 Å². The molecule has 0 fully saturated rings. The van der Waals surface area contributed by atoms with E-state index in [9.17, 15) is 4.79 Å². The fraction of sp³-hybridized carbons (Fsp3) is 0.185. The van der Waals surface area contributed by atoms with Crippen molar-refractivity contribution in [3.63, 3.8) is 0 Å². The molecule has 0 saturated carbocycles. The number of ether oxygens (including phenoxy) is 1. The predicted octanol–water partition coefficient (Wildman–Crippen LogP) is 4.86. The van der Waals surface area contributed by atoms with Crippen LogP contribution in [0, 0.1) is 6.92 Å². The number of para-hydroxylation sites is 1. The number of aryl methyl sites for hydroxylation is 3. The molecule has 5 rings (SSSR count). The summed E-state index contributed by atoms with van der Waals surface area (Å²) in [7, 11) is 3.66. The maximum atomic E-state index is 12.5. The van der Waals surface area contributed by atoms with Gasteiger partial charge < -0.3 is 9.30 Å². The van der Waals surface area contributed by atoms with Gasteiger partial charge in [-0.1, -0.05) is 29.8 Å². The molecule has 5 aromatic rings. The number of hydrogen-bond acceptors (Lipinski definition) is 5. The molecule has 0 aliphatic heterocycles. The van der Waals surface area contributed by atoms with E-state index >= 15 is 0 Å². The molecule has 176 valence electrons. The molecule has 4 aromatic heterocycles. The van der Waals surface area contributed by atoms with Crippen LogP contribution in [0.15, 0.2) is 72.0 Å². The van der Waals surface area contributed by atoms with Crippen LogP contribution in [-0.4, -0.2) is 24.3 Å². The molecule has 0 bridgehead atoms. The van der Waals surface area contributed by atoms with Crippen LogP contribution in [0.2, 0.25) is 5.02 Å². The van der Waals surface area contributed by atoms with Crippen LogP contribution in [0.3, 0.4) is 0 Å². The molecule has 0 aliphatic rings. The van der Waals surface area contributed by atoms with Crippen molar-refractivity contribution < 1.29 is 4.74 Å². The van der Waals surface area contributed by atoms with Gasteiger partial charge in [0, 0.05) is 73.1 Å². The van der Waals surface area contributed by atoms with Crippen LogP contribution >= 0.6 is 11.6 Å². The second kappa shape index (κ2) is 9.35. The molecule has 8 heteroatoms. The molecule has 0 aliphatic carbocycles. The summed E-state index contributed by atoms with van der Waals surface area (Å²) >= 11 is 6.54. The van der Waals surface area contributed by atoms with Crippen molar-refractivity contribution in [2.75, 3.05) is 0 Å². The van der Waals surface area contributed by atoms with Gasteiger partial charge >= 0.3 is 0 Å². The molecule has 0 radical (unpaired) electrons. The van der Waals surface area contributed by atoms with Gasteiger partial charge in [0.05, 0.1) is 10.7 Å². The smallest absolute Gasteiger partial charge is 0.253 e. The fourth-order valence-electron chi connectivity index (χ4n) is 4.28. The summed E-state index contributed by atoms with van der Waals surface area (Å²) in [4.78, 5) is 21.6. The monoisotopic (exact) mass is 485 g/mol. The van der Waals surface area contributed by atoms with Crippen LogP contribution in [0.1, 0.15) is 22.4 Å². The van der Waals surface area contributed by atoms with Crippen molar-refractivity contribution in [2.45, 2.75) is 20.0 Å². The zero-order chi connectivity index (χ0) is 24.5. The number of benzene rings is 1. The number of fused-ring (bicyclic) bond motifs is 1. The highest BCUT2D eigenvalue weighted by atomic mass is 35.5. The van der Waals surface area contributed by atoms with Crippen LogP contribution in [0.5, 0.6) is 5.75 Å². The molecule has 4 heterocycles. The zero-order valence-corrected chi connectivity index (χ0v) is 20.5. The van der Waals surface area contributed by atoms with Crippen molar-refractivity contribution in [3.05, 3.63) is 105 Å². The lowest BCUT2D eigenvalue weighted by molar-refractivity contribution is 0.308. The fourth-order valence-corrected chi connectivity index (χ4v) is 4.51. The molecule has 35 heavy (non-hydrogen) atoms. The van der Waals surface area contributed by atoms with Crippen LogP contribution in [-0.2, 0) is 27.1 Å². The van der Waals surface area contributed by atoms with E-state index in [-0.39, 0.29) is 12.2 Å².